The van der Waals surface area contributed by atoms with Crippen LogP contribution in [0.25, 0.3) is 10.2 Å². The zero-order valence-corrected chi connectivity index (χ0v) is 11.7. The van der Waals surface area contributed by atoms with E-state index in [1.807, 2.05) is 11.4 Å². The highest BCUT2D eigenvalue weighted by Crippen LogP contribution is 2.29. The van der Waals surface area contributed by atoms with Crippen molar-refractivity contribution in [2.45, 2.75) is 11.4 Å². The number of nitrogens with zero attached hydrogens (tertiary/aromatic N) is 2. The van der Waals surface area contributed by atoms with E-state index in [0.717, 1.165) is 15.2 Å². The number of thioether (sulfide) groups is 1. The van der Waals surface area contributed by atoms with Crippen molar-refractivity contribution in [3.05, 3.63) is 11.4 Å². The Labute approximate surface area is 113 Å². The third-order valence-electron chi connectivity index (χ3n) is 2.29. The van der Waals surface area contributed by atoms with Crippen LogP contribution in [0.3, 0.4) is 0 Å². The summed E-state index contributed by atoms with van der Waals surface area (Å²) in [6.45, 7) is 0. The molecule has 2 aromatic heterocycles. The Morgan fingerprint density at radius 1 is 1.56 bits per heavy atom. The standard InChI is InChI=1S/C11H13N3O2S2/c1-12-11-13-9-7(3-5-17-9)10(14-11)18-6-4-8(15)16-2/h3,5H,4,6H2,1-2H3,(H,12,13,14). The molecule has 18 heavy (non-hydrogen) atoms. The van der Waals surface area contributed by atoms with E-state index < -0.39 is 0 Å². The molecule has 96 valence electrons. The predicted molar refractivity (Wildman–Crippen MR) is 74.3 cm³/mol. The van der Waals surface area contributed by atoms with Gasteiger partial charge in [-0.3, -0.25) is 4.79 Å². The molecule has 2 aromatic rings. The smallest absolute Gasteiger partial charge is 0.306 e. The molecule has 0 aliphatic heterocycles. The Morgan fingerprint density at radius 3 is 3.11 bits per heavy atom. The number of fused-ring (bicyclic) bond motifs is 1. The lowest BCUT2D eigenvalue weighted by Crippen LogP contribution is -2.02. The van der Waals surface area contributed by atoms with Crippen LogP contribution in [0.2, 0.25) is 0 Å². The summed E-state index contributed by atoms with van der Waals surface area (Å²) in [6, 6.07) is 2.00. The second-order valence-corrected chi connectivity index (χ2v) is 5.39. The highest BCUT2D eigenvalue weighted by atomic mass is 32.2. The fourth-order valence-corrected chi connectivity index (χ4v) is 3.14. The molecule has 0 unspecified atom stereocenters. The number of thiophene rings is 1. The lowest BCUT2D eigenvalue weighted by atomic mass is 10.4. The van der Waals surface area contributed by atoms with Gasteiger partial charge in [0.1, 0.15) is 9.86 Å². The van der Waals surface area contributed by atoms with Crippen LogP contribution in [0.5, 0.6) is 0 Å². The molecule has 0 aliphatic carbocycles. The highest BCUT2D eigenvalue weighted by Gasteiger charge is 2.09. The monoisotopic (exact) mass is 283 g/mol. The first-order chi connectivity index (χ1) is 8.74. The van der Waals surface area contributed by atoms with Crippen LogP contribution in [-0.2, 0) is 9.53 Å². The maximum atomic E-state index is 11.1. The van der Waals surface area contributed by atoms with Gasteiger partial charge in [0, 0.05) is 18.2 Å². The fourth-order valence-electron chi connectivity index (χ4n) is 1.38. The first-order valence-corrected chi connectivity index (χ1v) is 7.23. The van der Waals surface area contributed by atoms with Crippen LogP contribution >= 0.6 is 23.1 Å². The van der Waals surface area contributed by atoms with Gasteiger partial charge in [-0.1, -0.05) is 0 Å². The van der Waals surface area contributed by atoms with Crippen molar-refractivity contribution in [3.63, 3.8) is 0 Å². The van der Waals surface area contributed by atoms with Gasteiger partial charge in [0.05, 0.1) is 13.5 Å². The largest absolute Gasteiger partial charge is 0.469 e. The van der Waals surface area contributed by atoms with Crippen molar-refractivity contribution in [2.75, 3.05) is 25.2 Å². The van der Waals surface area contributed by atoms with E-state index >= 15 is 0 Å². The van der Waals surface area contributed by atoms with Gasteiger partial charge in [-0.2, -0.15) is 0 Å². The number of carbonyl (C=O) groups excluding carboxylic acids is 1. The van der Waals surface area contributed by atoms with Crippen molar-refractivity contribution in [1.29, 1.82) is 0 Å². The van der Waals surface area contributed by atoms with Crippen LogP contribution in [-0.4, -0.2) is 35.8 Å². The topological polar surface area (TPSA) is 64.1 Å². The van der Waals surface area contributed by atoms with Gasteiger partial charge in [0.2, 0.25) is 5.95 Å². The molecule has 0 bridgehead atoms. The quantitative estimate of drug-likeness (QED) is 0.516. The van der Waals surface area contributed by atoms with Crippen molar-refractivity contribution in [2.24, 2.45) is 0 Å². The van der Waals surface area contributed by atoms with Crippen LogP contribution in [0.15, 0.2) is 16.5 Å². The second-order valence-electron chi connectivity index (χ2n) is 3.42. The summed E-state index contributed by atoms with van der Waals surface area (Å²) in [5, 5.41) is 6.86. The van der Waals surface area contributed by atoms with Crippen molar-refractivity contribution in [1.82, 2.24) is 9.97 Å². The molecule has 0 aromatic carbocycles. The summed E-state index contributed by atoms with van der Waals surface area (Å²) in [4.78, 5) is 20.8. The van der Waals surface area contributed by atoms with Gasteiger partial charge in [0.25, 0.3) is 0 Å². The first-order valence-electron chi connectivity index (χ1n) is 5.37. The van der Waals surface area contributed by atoms with Crippen LogP contribution in [0.1, 0.15) is 6.42 Å². The molecule has 0 aliphatic rings. The van der Waals surface area contributed by atoms with Gasteiger partial charge in [0.15, 0.2) is 0 Å². The minimum absolute atomic E-state index is 0.202. The zero-order chi connectivity index (χ0) is 13.0. The fraction of sp³-hybridized carbons (Fsp3) is 0.364. The van der Waals surface area contributed by atoms with Gasteiger partial charge < -0.3 is 10.1 Å². The normalized spacial score (nSPS) is 10.6. The Balaban J connectivity index is 2.15. The molecule has 0 radical (unpaired) electrons. The molecule has 5 nitrogen and oxygen atoms in total. The minimum Gasteiger partial charge on any atom is -0.469 e. The Morgan fingerprint density at radius 2 is 2.39 bits per heavy atom. The van der Waals surface area contributed by atoms with E-state index in [2.05, 4.69) is 20.0 Å². The number of nitrogens with one attached hydrogen (secondary N) is 1. The number of hydrogen-bond acceptors (Lipinski definition) is 7. The number of carbonyl (C=O) groups is 1. The molecular formula is C11H13N3O2S2. The third kappa shape index (κ3) is 2.91. The SMILES string of the molecule is CNc1nc(SCCC(=O)OC)c2ccsc2n1. The highest BCUT2D eigenvalue weighted by molar-refractivity contribution is 7.99. The number of hydrogen-bond donors (Lipinski definition) is 1. The zero-order valence-electron chi connectivity index (χ0n) is 10.1. The Hall–Kier alpha value is -1.34. The van der Waals surface area contributed by atoms with Crippen molar-refractivity contribution in [3.8, 4) is 0 Å². The van der Waals surface area contributed by atoms with Gasteiger partial charge >= 0.3 is 5.97 Å². The molecule has 0 amide bonds. The van der Waals surface area contributed by atoms with E-state index in [1.165, 1.54) is 7.11 Å². The lowest BCUT2D eigenvalue weighted by molar-refractivity contribution is -0.140. The number of esters is 1. The summed E-state index contributed by atoms with van der Waals surface area (Å²) >= 11 is 3.12. The van der Waals surface area contributed by atoms with E-state index in [-0.39, 0.29) is 5.97 Å². The third-order valence-corrected chi connectivity index (χ3v) is 4.09. The summed E-state index contributed by atoms with van der Waals surface area (Å²) in [5.41, 5.74) is 0. The van der Waals surface area contributed by atoms with Gasteiger partial charge in [-0.25, -0.2) is 9.97 Å². The molecule has 0 fully saturated rings. The Kier molecular flexibility index (Phi) is 4.38. The van der Waals surface area contributed by atoms with Crippen LogP contribution in [0, 0.1) is 0 Å². The lowest BCUT2D eigenvalue weighted by Gasteiger charge is -2.04. The molecule has 2 rings (SSSR count). The minimum atomic E-state index is -0.202. The van der Waals surface area contributed by atoms with E-state index in [9.17, 15) is 4.79 Å². The van der Waals surface area contributed by atoms with Crippen LogP contribution < -0.4 is 5.32 Å². The number of ether oxygens (including phenoxy) is 1. The number of aromatic nitrogens is 2. The molecule has 0 spiro atoms. The number of rotatable bonds is 5. The van der Waals surface area contributed by atoms with E-state index in [4.69, 9.17) is 0 Å². The van der Waals surface area contributed by atoms with E-state index in [1.54, 1.807) is 30.1 Å². The van der Waals surface area contributed by atoms with Crippen molar-refractivity contribution < 1.29 is 9.53 Å². The molecule has 0 saturated heterocycles. The maximum absolute atomic E-state index is 11.1. The van der Waals surface area contributed by atoms with Gasteiger partial charge in [-0.05, 0) is 11.4 Å². The summed E-state index contributed by atoms with van der Waals surface area (Å²) < 4.78 is 4.61. The summed E-state index contributed by atoms with van der Waals surface area (Å²) in [7, 11) is 3.19. The molecule has 1 N–H and O–H groups in total. The number of methoxy groups -OCH3 is 1. The summed E-state index contributed by atoms with van der Waals surface area (Å²) in [6.07, 6.45) is 0.381. The summed E-state index contributed by atoms with van der Waals surface area (Å²) in [5.74, 6) is 1.05. The number of anilines is 1. The van der Waals surface area contributed by atoms with Crippen molar-refractivity contribution >= 4 is 45.2 Å². The molecule has 0 saturated carbocycles. The Bertz CT molecular complexity index is 556. The maximum Gasteiger partial charge on any atom is 0.306 e. The van der Waals surface area contributed by atoms with Gasteiger partial charge in [-0.15, -0.1) is 23.1 Å². The molecular weight excluding hydrogens is 270 g/mol. The molecule has 0 atom stereocenters. The predicted octanol–water partition coefficient (Wildman–Crippen LogP) is 2.39. The first kappa shape index (κ1) is 13.1. The second kappa shape index (κ2) is 6.01. The average Bonchev–Trinajstić information content (AvgIpc) is 2.86. The van der Waals surface area contributed by atoms with E-state index in [0.29, 0.717) is 18.1 Å². The molecule has 2 heterocycles. The van der Waals surface area contributed by atoms with Crippen LogP contribution in [0.4, 0.5) is 5.95 Å². The average molecular weight is 283 g/mol. The molecule has 7 heteroatoms.